The number of aryl methyl sites for hydroxylation is 2. The maximum absolute atomic E-state index is 14.2. The molecule has 0 bridgehead atoms. The number of carbonyl (C=O) groups is 2. The number of aromatic nitrogens is 4. The van der Waals surface area contributed by atoms with Crippen molar-refractivity contribution >= 4 is 40.8 Å². The highest BCUT2D eigenvalue weighted by molar-refractivity contribution is 6.07. The van der Waals surface area contributed by atoms with Crippen molar-refractivity contribution in [3.8, 4) is 5.69 Å². The topological polar surface area (TPSA) is 117 Å². The number of amides is 3. The Hall–Kier alpha value is -6.00. The molecule has 3 heterocycles. The summed E-state index contributed by atoms with van der Waals surface area (Å²) in [6.45, 7) is 3.30. The summed E-state index contributed by atoms with van der Waals surface area (Å²) < 4.78 is 96.1. The monoisotopic (exact) mass is 684 g/mol. The van der Waals surface area contributed by atoms with Crippen molar-refractivity contribution in [2.24, 2.45) is 0 Å². The molecule has 5 aromatic rings. The number of nitrogens with zero attached hydrogens (tertiary/aromatic N) is 5. The first-order valence-electron chi connectivity index (χ1n) is 14.3. The average molecular weight is 685 g/mol. The fraction of sp³-hybridized carbons (Fsp3) is 0.156. The first-order valence-corrected chi connectivity index (χ1v) is 14.3. The Morgan fingerprint density at radius 3 is 2.37 bits per heavy atom. The number of imidazole rings is 1. The van der Waals surface area contributed by atoms with Gasteiger partial charge in [-0.15, -0.1) is 0 Å². The number of hydrogen-bond donors (Lipinski definition) is 3. The number of carbonyl (C=O) groups excluding carboxylic acids is 2. The second kappa shape index (κ2) is 12.2. The molecule has 6 rings (SSSR count). The Balaban J connectivity index is 1.23. The molecule has 1 aliphatic heterocycles. The van der Waals surface area contributed by atoms with Crippen molar-refractivity contribution in [1.29, 1.82) is 0 Å². The predicted molar refractivity (Wildman–Crippen MR) is 164 cm³/mol. The molecule has 1 aliphatic rings. The van der Waals surface area contributed by atoms with Crippen LogP contribution in [0.25, 0.3) is 5.69 Å². The van der Waals surface area contributed by atoms with Gasteiger partial charge in [0.2, 0.25) is 5.95 Å². The van der Waals surface area contributed by atoms with Gasteiger partial charge < -0.3 is 15.2 Å². The largest absolute Gasteiger partial charge is 0.416 e. The van der Waals surface area contributed by atoms with Crippen LogP contribution in [0.15, 0.2) is 73.3 Å². The van der Waals surface area contributed by atoms with Crippen LogP contribution in [0, 0.1) is 19.7 Å². The summed E-state index contributed by atoms with van der Waals surface area (Å²) >= 11 is 0. The van der Waals surface area contributed by atoms with Gasteiger partial charge in [0.05, 0.1) is 41.1 Å². The number of rotatable bonds is 6. The molecule has 3 amide bonds. The second-order valence-electron chi connectivity index (χ2n) is 11.0. The number of benzene rings is 3. The van der Waals surface area contributed by atoms with E-state index in [2.05, 4.69) is 30.9 Å². The van der Waals surface area contributed by atoms with Crippen molar-refractivity contribution < 1.29 is 40.3 Å². The van der Waals surface area contributed by atoms with Crippen LogP contribution in [-0.4, -0.2) is 31.5 Å². The van der Waals surface area contributed by atoms with E-state index in [0.717, 1.165) is 12.1 Å². The van der Waals surface area contributed by atoms with Crippen LogP contribution in [0.5, 0.6) is 0 Å². The Labute approximate surface area is 272 Å². The molecule has 0 saturated heterocycles. The number of urea groups is 1. The van der Waals surface area contributed by atoms with E-state index in [1.165, 1.54) is 46.4 Å². The summed E-state index contributed by atoms with van der Waals surface area (Å²) in [5.41, 5.74) is -0.744. The molecule has 0 radical (unpaired) electrons. The fourth-order valence-electron chi connectivity index (χ4n) is 5.01. The number of fused-ring (bicyclic) bond motifs is 1. The molecule has 10 nitrogen and oxygen atoms in total. The van der Waals surface area contributed by atoms with Crippen LogP contribution >= 0.6 is 0 Å². The summed E-state index contributed by atoms with van der Waals surface area (Å²) in [7, 11) is 0. The van der Waals surface area contributed by atoms with Gasteiger partial charge in [-0.2, -0.15) is 31.3 Å². The van der Waals surface area contributed by atoms with Crippen molar-refractivity contribution in [3.63, 3.8) is 0 Å². The van der Waals surface area contributed by atoms with Crippen LogP contribution in [0.4, 0.5) is 64.4 Å². The van der Waals surface area contributed by atoms with Crippen molar-refractivity contribution in [2.75, 3.05) is 20.9 Å². The van der Waals surface area contributed by atoms with Crippen LogP contribution in [0.3, 0.4) is 0 Å². The maximum Gasteiger partial charge on any atom is 0.416 e. The molecular weight excluding hydrogens is 661 g/mol. The smallest absolute Gasteiger partial charge is 0.322 e. The molecule has 0 fully saturated rings. The average Bonchev–Trinajstić information content (AvgIpc) is 3.48. The molecule has 3 aromatic carbocycles. The van der Waals surface area contributed by atoms with Crippen LogP contribution in [0.2, 0.25) is 0 Å². The maximum atomic E-state index is 14.2. The lowest BCUT2D eigenvalue weighted by Gasteiger charge is -2.30. The number of hydrogen-bond acceptors (Lipinski definition) is 6. The van der Waals surface area contributed by atoms with Gasteiger partial charge in [0.25, 0.3) is 5.91 Å². The molecule has 49 heavy (non-hydrogen) atoms. The number of anilines is 5. The van der Waals surface area contributed by atoms with Crippen LogP contribution < -0.4 is 20.9 Å². The summed E-state index contributed by atoms with van der Waals surface area (Å²) in [6.07, 6.45) is -5.29. The minimum absolute atomic E-state index is 0.0293. The van der Waals surface area contributed by atoms with Gasteiger partial charge in [-0.3, -0.25) is 15.0 Å². The Bertz CT molecular complexity index is 2110. The zero-order chi connectivity index (χ0) is 35.2. The third kappa shape index (κ3) is 7.00. The van der Waals surface area contributed by atoms with Crippen molar-refractivity contribution in [1.82, 2.24) is 19.5 Å². The van der Waals surface area contributed by atoms with Gasteiger partial charge in [0.1, 0.15) is 11.6 Å². The van der Waals surface area contributed by atoms with Gasteiger partial charge in [0, 0.05) is 34.9 Å². The van der Waals surface area contributed by atoms with E-state index in [9.17, 15) is 40.3 Å². The molecule has 0 spiro atoms. The molecule has 252 valence electrons. The fourth-order valence-corrected chi connectivity index (χ4v) is 5.01. The minimum atomic E-state index is -4.73. The van der Waals surface area contributed by atoms with Gasteiger partial charge in [-0.1, -0.05) is 6.07 Å². The van der Waals surface area contributed by atoms with Gasteiger partial charge in [0.15, 0.2) is 0 Å². The molecule has 0 unspecified atom stereocenters. The number of nitrogens with one attached hydrogen (secondary N) is 3. The highest BCUT2D eigenvalue weighted by atomic mass is 19.4. The molecule has 0 aliphatic carbocycles. The van der Waals surface area contributed by atoms with E-state index < -0.39 is 46.9 Å². The van der Waals surface area contributed by atoms with E-state index in [4.69, 9.17) is 0 Å². The summed E-state index contributed by atoms with van der Waals surface area (Å²) in [6, 6.07) is 8.68. The highest BCUT2D eigenvalue weighted by Crippen LogP contribution is 2.35. The number of alkyl halides is 6. The van der Waals surface area contributed by atoms with Crippen LogP contribution in [-0.2, 0) is 18.9 Å². The quantitative estimate of drug-likeness (QED) is 0.156. The lowest BCUT2D eigenvalue weighted by atomic mass is 10.1. The SMILES string of the molecule is Cc1cn(-c2cc(C(=O)Nc3ccc(C)c(N4Cc5cnc(Nc6cc(C(F)(F)F)ccc6F)nc5NC4=O)c3)cc(C(F)(F)F)c2)cn1. The first-order chi connectivity index (χ1) is 23.0. The third-order valence-corrected chi connectivity index (χ3v) is 7.48. The van der Waals surface area contributed by atoms with Crippen molar-refractivity contribution in [2.45, 2.75) is 32.7 Å². The van der Waals surface area contributed by atoms with Gasteiger partial charge in [-0.05, 0) is 67.9 Å². The minimum Gasteiger partial charge on any atom is -0.322 e. The zero-order valence-corrected chi connectivity index (χ0v) is 25.3. The molecular formula is C32H23F7N8O2. The predicted octanol–water partition coefficient (Wildman–Crippen LogP) is 8.00. The van der Waals surface area contributed by atoms with E-state index >= 15 is 0 Å². The van der Waals surface area contributed by atoms with Crippen molar-refractivity contribution in [3.05, 3.63) is 113 Å². The Kier molecular flexibility index (Phi) is 8.21. The molecule has 0 saturated carbocycles. The first kappa shape index (κ1) is 32.9. The second-order valence-corrected chi connectivity index (χ2v) is 11.0. The Morgan fingerprint density at radius 1 is 0.918 bits per heavy atom. The van der Waals surface area contributed by atoms with E-state index in [1.807, 2.05) is 0 Å². The molecule has 2 aromatic heterocycles. The lowest BCUT2D eigenvalue weighted by Crippen LogP contribution is -2.39. The number of halogens is 7. The van der Waals surface area contributed by atoms with Gasteiger partial charge in [-0.25, -0.2) is 19.2 Å². The van der Waals surface area contributed by atoms with E-state index in [1.54, 1.807) is 19.9 Å². The summed E-state index contributed by atoms with van der Waals surface area (Å²) in [5, 5.41) is 7.55. The zero-order valence-electron chi connectivity index (χ0n) is 25.3. The summed E-state index contributed by atoms with van der Waals surface area (Å²) in [5.74, 6) is -2.05. The third-order valence-electron chi connectivity index (χ3n) is 7.48. The molecule has 17 heteroatoms. The Morgan fingerprint density at radius 2 is 1.67 bits per heavy atom. The van der Waals surface area contributed by atoms with Crippen LogP contribution in [0.1, 0.15) is 38.3 Å². The van der Waals surface area contributed by atoms with Gasteiger partial charge >= 0.3 is 18.4 Å². The normalized spacial score (nSPS) is 13.2. The summed E-state index contributed by atoms with van der Waals surface area (Å²) in [4.78, 5) is 39.9. The highest BCUT2D eigenvalue weighted by Gasteiger charge is 2.33. The lowest BCUT2D eigenvalue weighted by molar-refractivity contribution is -0.138. The van der Waals surface area contributed by atoms with E-state index in [0.29, 0.717) is 40.7 Å². The standard InChI is InChI=1S/C32H23F7N8O2/c1-16-3-5-22(42-28(48)18-7-21(32(37,38)39)9-23(8-18)46-13-17(2)41-15-46)11-26(16)47-14-19-12-40-29(44-27(19)45-30(47)49)43-25-10-20(31(34,35)36)4-6-24(25)33/h3-13,15H,14H2,1-2H3,(H,42,48)(H2,40,43,44,45,49). The molecule has 0 atom stereocenters. The molecule has 3 N–H and O–H groups in total. The van der Waals surface area contributed by atoms with E-state index in [-0.39, 0.29) is 35.2 Å².